The maximum atomic E-state index is 12.7. The minimum absolute atomic E-state index is 0.0238. The van der Waals surface area contributed by atoms with E-state index in [1.165, 1.54) is 15.8 Å². The maximum Gasteiger partial charge on any atom is 0.249 e. The molecule has 1 aliphatic heterocycles. The van der Waals surface area contributed by atoms with Crippen LogP contribution in [0, 0.1) is 0 Å². The van der Waals surface area contributed by atoms with Crippen LogP contribution in [0.2, 0.25) is 0 Å². The summed E-state index contributed by atoms with van der Waals surface area (Å²) in [4.78, 5) is 19.5. The third kappa shape index (κ3) is 2.91. The number of hydrogen-bond donors (Lipinski definition) is 1. The molecule has 0 fully saturated rings. The van der Waals surface area contributed by atoms with Crippen molar-refractivity contribution in [2.24, 2.45) is 0 Å². The second kappa shape index (κ2) is 7.17. The number of methoxy groups -OCH3 is 1. The molecule has 0 radical (unpaired) electrons. The van der Waals surface area contributed by atoms with E-state index in [9.17, 15) is 4.79 Å². The van der Waals surface area contributed by atoms with Crippen LogP contribution in [0.4, 0.5) is 0 Å². The van der Waals surface area contributed by atoms with Crippen LogP contribution in [-0.2, 0) is 16.0 Å². The summed E-state index contributed by atoms with van der Waals surface area (Å²) >= 11 is 1.72. The molecule has 0 saturated carbocycles. The highest BCUT2D eigenvalue weighted by molar-refractivity contribution is 7.98. The first kappa shape index (κ1) is 17.2. The molecule has 1 amide bonds. The molecule has 3 aromatic rings. The molecule has 1 atom stereocenters. The fourth-order valence-corrected chi connectivity index (χ4v) is 4.26. The summed E-state index contributed by atoms with van der Waals surface area (Å²) in [7, 11) is 1.57. The SMILES string of the molecule is COCC(=O)N1CCc2c([nH]c3ccccc23)[C@@H]1c1ccc(SC)cc1. The van der Waals surface area contributed by atoms with Crippen LogP contribution in [0.15, 0.2) is 53.4 Å². The van der Waals surface area contributed by atoms with E-state index in [1.54, 1.807) is 18.9 Å². The number of fused-ring (bicyclic) bond motifs is 3. The molecule has 0 unspecified atom stereocenters. The Morgan fingerprint density at radius 1 is 1.23 bits per heavy atom. The van der Waals surface area contributed by atoms with Crippen LogP contribution in [-0.4, -0.2) is 42.3 Å². The number of H-pyrrole nitrogens is 1. The number of nitrogens with zero attached hydrogens (tertiary/aromatic N) is 1. The van der Waals surface area contributed by atoms with E-state index in [-0.39, 0.29) is 18.6 Å². The fraction of sp³-hybridized carbons (Fsp3) is 0.286. The van der Waals surface area contributed by atoms with Gasteiger partial charge in [0.1, 0.15) is 6.61 Å². The quantitative estimate of drug-likeness (QED) is 0.710. The van der Waals surface area contributed by atoms with Crippen molar-refractivity contribution in [2.45, 2.75) is 17.4 Å². The minimum Gasteiger partial charge on any atom is -0.375 e. The first-order valence-electron chi connectivity index (χ1n) is 8.74. The zero-order valence-corrected chi connectivity index (χ0v) is 15.8. The number of carbonyl (C=O) groups is 1. The zero-order chi connectivity index (χ0) is 18.1. The highest BCUT2D eigenvalue weighted by Gasteiger charge is 2.34. The van der Waals surface area contributed by atoms with Gasteiger partial charge in [-0.25, -0.2) is 0 Å². The first-order chi connectivity index (χ1) is 12.7. The maximum absolute atomic E-state index is 12.7. The first-order valence-corrected chi connectivity index (χ1v) is 9.97. The molecule has 26 heavy (non-hydrogen) atoms. The van der Waals surface area contributed by atoms with Gasteiger partial charge in [0.05, 0.1) is 6.04 Å². The van der Waals surface area contributed by atoms with Gasteiger partial charge < -0.3 is 14.6 Å². The van der Waals surface area contributed by atoms with E-state index >= 15 is 0 Å². The van der Waals surface area contributed by atoms with Gasteiger partial charge in [0.2, 0.25) is 5.91 Å². The Kier molecular flexibility index (Phi) is 4.74. The predicted molar refractivity (Wildman–Crippen MR) is 106 cm³/mol. The lowest BCUT2D eigenvalue weighted by Gasteiger charge is -2.36. The molecule has 0 bridgehead atoms. The van der Waals surface area contributed by atoms with Crippen molar-refractivity contribution in [3.63, 3.8) is 0 Å². The van der Waals surface area contributed by atoms with Gasteiger partial charge in [0, 0.05) is 35.1 Å². The van der Waals surface area contributed by atoms with Gasteiger partial charge in [-0.2, -0.15) is 0 Å². The molecule has 1 aliphatic rings. The molecule has 1 aromatic heterocycles. The normalized spacial score (nSPS) is 16.7. The smallest absolute Gasteiger partial charge is 0.249 e. The molecule has 2 heterocycles. The number of benzene rings is 2. The number of carbonyl (C=O) groups excluding carboxylic acids is 1. The van der Waals surface area contributed by atoms with E-state index < -0.39 is 0 Å². The highest BCUT2D eigenvalue weighted by atomic mass is 32.2. The Labute approximate surface area is 157 Å². The summed E-state index contributed by atoms with van der Waals surface area (Å²) in [5.74, 6) is 0.0238. The number of rotatable bonds is 4. The number of amides is 1. The number of ether oxygens (including phenoxy) is 1. The van der Waals surface area contributed by atoms with E-state index in [0.717, 1.165) is 23.2 Å². The van der Waals surface area contributed by atoms with E-state index in [4.69, 9.17) is 4.74 Å². The zero-order valence-electron chi connectivity index (χ0n) is 15.0. The summed E-state index contributed by atoms with van der Waals surface area (Å²) in [6, 6.07) is 16.8. The third-order valence-corrected chi connectivity index (χ3v) is 5.80. The summed E-state index contributed by atoms with van der Waals surface area (Å²) < 4.78 is 5.12. The lowest BCUT2D eigenvalue weighted by atomic mass is 9.92. The second-order valence-electron chi connectivity index (χ2n) is 6.51. The van der Waals surface area contributed by atoms with Crippen molar-refractivity contribution < 1.29 is 9.53 Å². The molecule has 4 rings (SSSR count). The van der Waals surface area contributed by atoms with Crippen LogP contribution in [0.3, 0.4) is 0 Å². The predicted octanol–water partition coefficient (Wildman–Crippen LogP) is 4.01. The van der Waals surface area contributed by atoms with Gasteiger partial charge in [-0.1, -0.05) is 30.3 Å². The molecule has 5 heteroatoms. The molecule has 2 aromatic carbocycles. The molecule has 0 spiro atoms. The Morgan fingerprint density at radius 3 is 2.73 bits per heavy atom. The Bertz CT molecular complexity index is 933. The standard InChI is InChI=1S/C21H22N2O2S/c1-25-13-19(24)23-12-11-17-16-5-3-4-6-18(16)22-20(17)21(23)14-7-9-15(26-2)10-8-14/h3-10,21-22H,11-13H2,1-2H3/t21-/m0/s1. The summed E-state index contributed by atoms with van der Waals surface area (Å²) in [5.41, 5.74) is 4.70. The van der Waals surface area contributed by atoms with Gasteiger partial charge in [-0.3, -0.25) is 4.79 Å². The third-order valence-electron chi connectivity index (χ3n) is 5.05. The monoisotopic (exact) mass is 366 g/mol. The highest BCUT2D eigenvalue weighted by Crippen LogP contribution is 2.38. The van der Waals surface area contributed by atoms with Crippen LogP contribution in [0.25, 0.3) is 10.9 Å². The average molecular weight is 366 g/mol. The van der Waals surface area contributed by atoms with Gasteiger partial charge in [-0.15, -0.1) is 11.8 Å². The number of para-hydroxylation sites is 1. The van der Waals surface area contributed by atoms with Gasteiger partial charge >= 0.3 is 0 Å². The van der Waals surface area contributed by atoms with E-state index in [0.29, 0.717) is 6.54 Å². The minimum atomic E-state index is -0.107. The summed E-state index contributed by atoms with van der Waals surface area (Å²) in [5, 5.41) is 1.26. The molecule has 4 nitrogen and oxygen atoms in total. The van der Waals surface area contributed by atoms with Crippen molar-refractivity contribution in [1.29, 1.82) is 0 Å². The Hall–Kier alpha value is -2.24. The summed E-state index contributed by atoms with van der Waals surface area (Å²) in [6.45, 7) is 0.806. The molecule has 134 valence electrons. The fourth-order valence-electron chi connectivity index (χ4n) is 3.85. The molecule has 1 N–H and O–H groups in total. The average Bonchev–Trinajstić information content (AvgIpc) is 3.06. The van der Waals surface area contributed by atoms with Gasteiger partial charge in [0.15, 0.2) is 0 Å². The topological polar surface area (TPSA) is 45.3 Å². The van der Waals surface area contributed by atoms with Crippen molar-refractivity contribution in [3.05, 3.63) is 65.4 Å². The van der Waals surface area contributed by atoms with Gasteiger partial charge in [-0.05, 0) is 42.0 Å². The molecule has 0 saturated heterocycles. The van der Waals surface area contributed by atoms with E-state index in [1.807, 2.05) is 11.0 Å². The van der Waals surface area contributed by atoms with Crippen molar-refractivity contribution >= 4 is 28.6 Å². The van der Waals surface area contributed by atoms with Crippen LogP contribution in [0.1, 0.15) is 22.9 Å². The summed E-state index contributed by atoms with van der Waals surface area (Å²) in [6.07, 6.45) is 2.92. The lowest BCUT2D eigenvalue weighted by molar-refractivity contribution is -0.137. The second-order valence-corrected chi connectivity index (χ2v) is 7.39. The van der Waals surface area contributed by atoms with Crippen molar-refractivity contribution in [2.75, 3.05) is 26.5 Å². The van der Waals surface area contributed by atoms with Crippen LogP contribution >= 0.6 is 11.8 Å². The number of thioether (sulfide) groups is 1. The Balaban J connectivity index is 1.84. The van der Waals surface area contributed by atoms with Crippen LogP contribution < -0.4 is 0 Å². The van der Waals surface area contributed by atoms with E-state index in [2.05, 4.69) is 53.7 Å². The number of aromatic nitrogens is 1. The largest absolute Gasteiger partial charge is 0.375 e. The number of hydrogen-bond acceptors (Lipinski definition) is 3. The van der Waals surface area contributed by atoms with Crippen molar-refractivity contribution in [1.82, 2.24) is 9.88 Å². The molecular weight excluding hydrogens is 344 g/mol. The van der Waals surface area contributed by atoms with Crippen molar-refractivity contribution in [3.8, 4) is 0 Å². The van der Waals surface area contributed by atoms with Gasteiger partial charge in [0.25, 0.3) is 0 Å². The number of aromatic amines is 1. The lowest BCUT2D eigenvalue weighted by Crippen LogP contribution is -2.42. The Morgan fingerprint density at radius 2 is 2.00 bits per heavy atom. The van der Waals surface area contributed by atoms with Crippen LogP contribution in [0.5, 0.6) is 0 Å². The molecular formula is C21H22N2O2S. The molecule has 0 aliphatic carbocycles. The number of nitrogens with one attached hydrogen (secondary N) is 1.